The first-order chi connectivity index (χ1) is 10.3. The molecule has 0 heterocycles. The van der Waals surface area contributed by atoms with Gasteiger partial charge in [0.15, 0.2) is 0 Å². The molecule has 0 saturated heterocycles. The third-order valence-electron chi connectivity index (χ3n) is 3.60. The van der Waals surface area contributed by atoms with Crippen LogP contribution in [0.5, 0.6) is 0 Å². The van der Waals surface area contributed by atoms with Crippen LogP contribution in [0.25, 0.3) is 10.8 Å². The zero-order chi connectivity index (χ0) is 14.5. The van der Waals surface area contributed by atoms with Crippen LogP contribution in [0.2, 0.25) is 0 Å². The molecule has 0 aromatic heterocycles. The molecule has 2 nitrogen and oxygen atoms in total. The number of hydrogen-bond acceptors (Lipinski definition) is 1. The monoisotopic (exact) mass is 275 g/mol. The summed E-state index contributed by atoms with van der Waals surface area (Å²) in [4.78, 5) is 12.0. The third kappa shape index (κ3) is 3.11. The minimum atomic E-state index is -0.0177. The lowest BCUT2D eigenvalue weighted by atomic mass is 10.0. The first-order valence-corrected chi connectivity index (χ1v) is 7.14. The zero-order valence-electron chi connectivity index (χ0n) is 11.8. The van der Waals surface area contributed by atoms with Crippen molar-refractivity contribution < 1.29 is 4.79 Å². The second-order valence-corrected chi connectivity index (χ2v) is 5.01. The van der Waals surface area contributed by atoms with Crippen molar-refractivity contribution in [2.24, 2.45) is 0 Å². The van der Waals surface area contributed by atoms with E-state index in [1.165, 1.54) is 16.3 Å². The van der Waals surface area contributed by atoms with Gasteiger partial charge in [-0.05, 0) is 34.9 Å². The van der Waals surface area contributed by atoms with Crippen molar-refractivity contribution >= 4 is 16.7 Å². The SMILES string of the molecule is O=C(NCCc1cccc2ccccc12)c1ccccc1. The van der Waals surface area contributed by atoms with E-state index in [0.717, 1.165) is 6.42 Å². The van der Waals surface area contributed by atoms with E-state index in [1.807, 2.05) is 42.5 Å². The van der Waals surface area contributed by atoms with Crippen LogP contribution >= 0.6 is 0 Å². The van der Waals surface area contributed by atoms with E-state index < -0.39 is 0 Å². The molecule has 0 bridgehead atoms. The quantitative estimate of drug-likeness (QED) is 0.770. The van der Waals surface area contributed by atoms with Gasteiger partial charge < -0.3 is 5.32 Å². The molecule has 21 heavy (non-hydrogen) atoms. The van der Waals surface area contributed by atoms with Crippen molar-refractivity contribution in [3.05, 3.63) is 83.9 Å². The largest absolute Gasteiger partial charge is 0.352 e. The molecule has 0 aliphatic carbocycles. The van der Waals surface area contributed by atoms with Gasteiger partial charge >= 0.3 is 0 Å². The van der Waals surface area contributed by atoms with Gasteiger partial charge in [-0.3, -0.25) is 4.79 Å². The average Bonchev–Trinajstić information content (AvgIpc) is 2.56. The van der Waals surface area contributed by atoms with Crippen LogP contribution in [0.3, 0.4) is 0 Å². The summed E-state index contributed by atoms with van der Waals surface area (Å²) >= 11 is 0. The minimum absolute atomic E-state index is 0.0177. The van der Waals surface area contributed by atoms with Crippen molar-refractivity contribution in [3.63, 3.8) is 0 Å². The summed E-state index contributed by atoms with van der Waals surface area (Å²) in [6.07, 6.45) is 0.833. The van der Waals surface area contributed by atoms with Crippen molar-refractivity contribution in [1.29, 1.82) is 0 Å². The molecule has 1 amide bonds. The lowest BCUT2D eigenvalue weighted by molar-refractivity contribution is 0.0954. The fraction of sp³-hybridized carbons (Fsp3) is 0.105. The minimum Gasteiger partial charge on any atom is -0.352 e. The number of amides is 1. The second-order valence-electron chi connectivity index (χ2n) is 5.01. The molecule has 0 aliphatic rings. The summed E-state index contributed by atoms with van der Waals surface area (Å²) in [5.74, 6) is -0.0177. The Morgan fingerprint density at radius 3 is 2.38 bits per heavy atom. The fourth-order valence-corrected chi connectivity index (χ4v) is 2.51. The van der Waals surface area contributed by atoms with Gasteiger partial charge in [0, 0.05) is 12.1 Å². The van der Waals surface area contributed by atoms with Crippen LogP contribution in [-0.2, 0) is 6.42 Å². The Morgan fingerprint density at radius 1 is 0.810 bits per heavy atom. The summed E-state index contributed by atoms with van der Waals surface area (Å²) in [6.45, 7) is 0.641. The molecule has 0 aliphatic heterocycles. The van der Waals surface area contributed by atoms with E-state index in [-0.39, 0.29) is 5.91 Å². The number of nitrogens with one attached hydrogen (secondary N) is 1. The van der Waals surface area contributed by atoms with Gasteiger partial charge in [0.1, 0.15) is 0 Å². The number of hydrogen-bond donors (Lipinski definition) is 1. The number of carbonyl (C=O) groups excluding carboxylic acids is 1. The third-order valence-corrected chi connectivity index (χ3v) is 3.60. The molecule has 0 spiro atoms. The van der Waals surface area contributed by atoms with E-state index in [0.29, 0.717) is 12.1 Å². The van der Waals surface area contributed by atoms with E-state index >= 15 is 0 Å². The zero-order valence-corrected chi connectivity index (χ0v) is 11.8. The first-order valence-electron chi connectivity index (χ1n) is 7.14. The molecule has 3 aromatic carbocycles. The molecule has 0 saturated carbocycles. The van der Waals surface area contributed by atoms with Crippen molar-refractivity contribution in [2.45, 2.75) is 6.42 Å². The maximum absolute atomic E-state index is 12.0. The Bertz CT molecular complexity index is 744. The second kappa shape index (κ2) is 6.23. The van der Waals surface area contributed by atoms with Crippen molar-refractivity contribution in [1.82, 2.24) is 5.32 Å². The van der Waals surface area contributed by atoms with Gasteiger partial charge in [-0.1, -0.05) is 60.7 Å². The summed E-state index contributed by atoms with van der Waals surface area (Å²) in [5.41, 5.74) is 1.97. The summed E-state index contributed by atoms with van der Waals surface area (Å²) < 4.78 is 0. The standard InChI is InChI=1S/C19H17NO/c21-19(17-8-2-1-3-9-17)20-14-13-16-11-6-10-15-7-4-5-12-18(15)16/h1-12H,13-14H2,(H,20,21). The highest BCUT2D eigenvalue weighted by atomic mass is 16.1. The Kier molecular flexibility index (Phi) is 3.97. The molecular formula is C19H17NO. The highest BCUT2D eigenvalue weighted by Gasteiger charge is 2.04. The van der Waals surface area contributed by atoms with Crippen LogP contribution in [0, 0.1) is 0 Å². The predicted octanol–water partition coefficient (Wildman–Crippen LogP) is 3.81. The topological polar surface area (TPSA) is 29.1 Å². The predicted molar refractivity (Wildman–Crippen MR) is 86.4 cm³/mol. The number of fused-ring (bicyclic) bond motifs is 1. The molecule has 0 fully saturated rings. The molecular weight excluding hydrogens is 258 g/mol. The molecule has 3 aromatic rings. The number of benzene rings is 3. The van der Waals surface area contributed by atoms with Crippen molar-refractivity contribution in [2.75, 3.05) is 6.54 Å². The average molecular weight is 275 g/mol. The molecule has 1 N–H and O–H groups in total. The van der Waals surface area contributed by atoms with Gasteiger partial charge in [-0.15, -0.1) is 0 Å². The molecule has 2 heteroatoms. The fourth-order valence-electron chi connectivity index (χ4n) is 2.51. The van der Waals surface area contributed by atoms with Gasteiger partial charge in [0.25, 0.3) is 5.91 Å². The maximum atomic E-state index is 12.0. The highest BCUT2D eigenvalue weighted by Crippen LogP contribution is 2.18. The lowest BCUT2D eigenvalue weighted by Gasteiger charge is -2.08. The maximum Gasteiger partial charge on any atom is 0.251 e. The van der Waals surface area contributed by atoms with Crippen LogP contribution in [0.4, 0.5) is 0 Å². The van der Waals surface area contributed by atoms with Crippen LogP contribution in [-0.4, -0.2) is 12.5 Å². The van der Waals surface area contributed by atoms with E-state index in [2.05, 4.69) is 35.6 Å². The van der Waals surface area contributed by atoms with Crippen LogP contribution in [0.1, 0.15) is 15.9 Å². The normalized spacial score (nSPS) is 10.5. The summed E-state index contributed by atoms with van der Waals surface area (Å²) in [6, 6.07) is 23.9. The lowest BCUT2D eigenvalue weighted by Crippen LogP contribution is -2.25. The highest BCUT2D eigenvalue weighted by molar-refractivity contribution is 5.94. The molecule has 0 radical (unpaired) electrons. The van der Waals surface area contributed by atoms with E-state index in [9.17, 15) is 4.79 Å². The van der Waals surface area contributed by atoms with E-state index in [1.54, 1.807) is 0 Å². The molecule has 3 rings (SSSR count). The van der Waals surface area contributed by atoms with E-state index in [4.69, 9.17) is 0 Å². The number of carbonyl (C=O) groups is 1. The van der Waals surface area contributed by atoms with Crippen LogP contribution in [0.15, 0.2) is 72.8 Å². The molecule has 104 valence electrons. The summed E-state index contributed by atoms with van der Waals surface area (Å²) in [5, 5.41) is 5.47. The first kappa shape index (κ1) is 13.4. The number of rotatable bonds is 4. The van der Waals surface area contributed by atoms with Gasteiger partial charge in [0.05, 0.1) is 0 Å². The summed E-state index contributed by atoms with van der Waals surface area (Å²) in [7, 11) is 0. The molecule has 0 unspecified atom stereocenters. The Balaban J connectivity index is 1.66. The van der Waals surface area contributed by atoms with Gasteiger partial charge in [-0.2, -0.15) is 0 Å². The van der Waals surface area contributed by atoms with Crippen molar-refractivity contribution in [3.8, 4) is 0 Å². The molecule has 0 atom stereocenters. The van der Waals surface area contributed by atoms with Crippen LogP contribution < -0.4 is 5.32 Å². The Labute approximate surface area is 124 Å². The Morgan fingerprint density at radius 2 is 1.52 bits per heavy atom. The van der Waals surface area contributed by atoms with Gasteiger partial charge in [-0.25, -0.2) is 0 Å². The van der Waals surface area contributed by atoms with Gasteiger partial charge in [0.2, 0.25) is 0 Å². The Hall–Kier alpha value is -2.61. The smallest absolute Gasteiger partial charge is 0.251 e.